The van der Waals surface area contributed by atoms with Gasteiger partial charge in [0.1, 0.15) is 11.5 Å². The Morgan fingerprint density at radius 1 is 1.17 bits per heavy atom. The van der Waals surface area contributed by atoms with Gasteiger partial charge in [0, 0.05) is 19.7 Å². The van der Waals surface area contributed by atoms with Crippen LogP contribution in [-0.4, -0.2) is 60.6 Å². The maximum absolute atomic E-state index is 13.6. The third-order valence-electron chi connectivity index (χ3n) is 6.97. The minimum atomic E-state index is -3.79. The quantitative estimate of drug-likeness (QED) is 0.554. The molecular weight excluding hydrogens is 485 g/mol. The fraction of sp³-hybridized carbons (Fsp3) is 0.480. The average molecular weight is 516 g/mol. The van der Waals surface area contributed by atoms with Gasteiger partial charge < -0.3 is 9.64 Å². The number of sulfonamides is 1. The summed E-state index contributed by atoms with van der Waals surface area (Å²) in [4.78, 5) is 19.7. The average Bonchev–Trinajstić information content (AvgIpc) is 3.44. The number of carbonyl (C=O) groups excluding carboxylic acids is 1. The van der Waals surface area contributed by atoms with E-state index in [9.17, 15) is 17.6 Å². The van der Waals surface area contributed by atoms with Crippen LogP contribution in [0, 0.1) is 5.82 Å². The molecule has 11 heteroatoms. The molecule has 0 aliphatic carbocycles. The van der Waals surface area contributed by atoms with E-state index in [0.717, 1.165) is 68.4 Å². The Morgan fingerprint density at radius 2 is 1.86 bits per heavy atom. The highest BCUT2D eigenvalue weighted by atomic mass is 32.2. The van der Waals surface area contributed by atoms with Crippen LogP contribution in [0.4, 0.5) is 10.1 Å². The SMILES string of the molecule is CC(C)c1nn(-c2ccc(F)cc2)c2nc(C(=O)NS(C)(=O)=O)cc(N3CCC4(CCCO4)CC3)c12. The molecule has 1 N–H and O–H groups in total. The van der Waals surface area contributed by atoms with Gasteiger partial charge >= 0.3 is 0 Å². The molecule has 0 radical (unpaired) electrons. The van der Waals surface area contributed by atoms with E-state index in [0.29, 0.717) is 11.3 Å². The first-order valence-electron chi connectivity index (χ1n) is 12.2. The third kappa shape index (κ3) is 4.69. The van der Waals surface area contributed by atoms with E-state index in [1.54, 1.807) is 22.9 Å². The van der Waals surface area contributed by atoms with Crippen LogP contribution in [0.15, 0.2) is 30.3 Å². The molecule has 2 saturated heterocycles. The number of hydrogen-bond acceptors (Lipinski definition) is 7. The molecule has 4 heterocycles. The summed E-state index contributed by atoms with van der Waals surface area (Å²) in [6.07, 6.45) is 4.77. The molecule has 0 saturated carbocycles. The van der Waals surface area contributed by atoms with Crippen LogP contribution in [0.5, 0.6) is 0 Å². The van der Waals surface area contributed by atoms with E-state index in [4.69, 9.17) is 9.84 Å². The highest BCUT2D eigenvalue weighted by molar-refractivity contribution is 7.89. The number of halogens is 1. The van der Waals surface area contributed by atoms with Crippen LogP contribution in [0.1, 0.15) is 61.6 Å². The summed E-state index contributed by atoms with van der Waals surface area (Å²) in [5.41, 5.74) is 2.47. The molecule has 0 atom stereocenters. The fourth-order valence-corrected chi connectivity index (χ4v) is 5.62. The van der Waals surface area contributed by atoms with Gasteiger partial charge in [-0.1, -0.05) is 13.8 Å². The highest BCUT2D eigenvalue weighted by Gasteiger charge is 2.39. The van der Waals surface area contributed by atoms with Crippen LogP contribution >= 0.6 is 0 Å². The van der Waals surface area contributed by atoms with Crippen molar-refractivity contribution in [3.05, 3.63) is 47.5 Å². The van der Waals surface area contributed by atoms with Crippen molar-refractivity contribution in [2.45, 2.75) is 51.0 Å². The second-order valence-electron chi connectivity index (χ2n) is 9.98. The Hall–Kier alpha value is -3.05. The summed E-state index contributed by atoms with van der Waals surface area (Å²) < 4.78 is 46.9. The summed E-state index contributed by atoms with van der Waals surface area (Å²) in [6.45, 7) is 6.30. The molecule has 2 aliphatic rings. The summed E-state index contributed by atoms with van der Waals surface area (Å²) in [5.74, 6) is -1.15. The van der Waals surface area contributed by atoms with Gasteiger partial charge in [0.05, 0.1) is 34.3 Å². The minimum Gasteiger partial charge on any atom is -0.375 e. The number of amides is 1. The van der Waals surface area contributed by atoms with Gasteiger partial charge in [-0.3, -0.25) is 4.79 Å². The number of fused-ring (bicyclic) bond motifs is 1. The second-order valence-corrected chi connectivity index (χ2v) is 11.7. The van der Waals surface area contributed by atoms with E-state index in [1.807, 2.05) is 18.6 Å². The number of piperidine rings is 1. The van der Waals surface area contributed by atoms with Gasteiger partial charge in [-0.25, -0.2) is 27.2 Å². The zero-order chi connectivity index (χ0) is 25.7. The van der Waals surface area contributed by atoms with Crippen molar-refractivity contribution in [3.63, 3.8) is 0 Å². The Morgan fingerprint density at radius 3 is 2.44 bits per heavy atom. The molecule has 9 nitrogen and oxygen atoms in total. The van der Waals surface area contributed by atoms with Gasteiger partial charge in [-0.15, -0.1) is 0 Å². The van der Waals surface area contributed by atoms with Crippen LogP contribution in [0.3, 0.4) is 0 Å². The van der Waals surface area contributed by atoms with E-state index in [-0.39, 0.29) is 23.0 Å². The number of pyridine rings is 1. The molecule has 192 valence electrons. The summed E-state index contributed by atoms with van der Waals surface area (Å²) in [7, 11) is -3.79. The summed E-state index contributed by atoms with van der Waals surface area (Å²) in [6, 6.07) is 7.52. The Kier molecular flexibility index (Phi) is 6.24. The van der Waals surface area contributed by atoms with Crippen molar-refractivity contribution in [1.82, 2.24) is 19.5 Å². The first-order valence-corrected chi connectivity index (χ1v) is 14.0. The highest BCUT2D eigenvalue weighted by Crippen LogP contribution is 2.40. The number of anilines is 1. The maximum atomic E-state index is 13.6. The lowest BCUT2D eigenvalue weighted by molar-refractivity contribution is -0.0145. The Bertz CT molecular complexity index is 1400. The number of hydrogen-bond donors (Lipinski definition) is 1. The largest absolute Gasteiger partial charge is 0.375 e. The zero-order valence-corrected chi connectivity index (χ0v) is 21.4. The van der Waals surface area contributed by atoms with Crippen molar-refractivity contribution in [3.8, 4) is 5.69 Å². The van der Waals surface area contributed by atoms with Crippen LogP contribution in [0.2, 0.25) is 0 Å². The van der Waals surface area contributed by atoms with Crippen LogP contribution in [0.25, 0.3) is 16.7 Å². The first-order chi connectivity index (χ1) is 17.1. The van der Waals surface area contributed by atoms with Crippen LogP contribution < -0.4 is 9.62 Å². The normalized spacial score (nSPS) is 17.9. The smallest absolute Gasteiger partial charge is 0.283 e. The number of nitrogens with zero attached hydrogens (tertiary/aromatic N) is 4. The summed E-state index contributed by atoms with van der Waals surface area (Å²) >= 11 is 0. The van der Waals surface area contributed by atoms with Gasteiger partial charge in [-0.2, -0.15) is 5.10 Å². The molecule has 2 fully saturated rings. The lowest BCUT2D eigenvalue weighted by atomic mass is 9.88. The predicted octanol–water partition coefficient (Wildman–Crippen LogP) is 3.52. The molecule has 1 spiro atoms. The number of ether oxygens (including phenoxy) is 1. The van der Waals surface area contributed by atoms with Crippen molar-refractivity contribution in [2.75, 3.05) is 30.9 Å². The maximum Gasteiger partial charge on any atom is 0.283 e. The predicted molar refractivity (Wildman–Crippen MR) is 135 cm³/mol. The Labute approximate surface area is 209 Å². The molecule has 0 unspecified atom stereocenters. The molecule has 2 aromatic heterocycles. The molecule has 5 rings (SSSR count). The molecule has 1 aromatic carbocycles. The van der Waals surface area contributed by atoms with Crippen molar-refractivity contribution in [1.29, 1.82) is 0 Å². The number of rotatable bonds is 5. The molecule has 3 aromatic rings. The van der Waals surface area contributed by atoms with E-state index < -0.39 is 15.9 Å². The topological polar surface area (TPSA) is 106 Å². The number of benzene rings is 1. The number of nitrogens with one attached hydrogen (secondary N) is 1. The standard InChI is InChI=1S/C25H30FN5O4S/c1-16(2)22-21-20(30-12-10-25(11-13-30)9-4-14-35-25)15-19(24(32)29-36(3,33)34)27-23(21)31(28-22)18-7-5-17(26)6-8-18/h5-8,15-16H,4,9-14H2,1-3H3,(H,29,32). The molecule has 36 heavy (non-hydrogen) atoms. The molecular formula is C25H30FN5O4S. The monoisotopic (exact) mass is 515 g/mol. The summed E-state index contributed by atoms with van der Waals surface area (Å²) in [5, 5.41) is 5.62. The lowest BCUT2D eigenvalue weighted by Gasteiger charge is -2.40. The molecule has 2 aliphatic heterocycles. The van der Waals surface area contributed by atoms with E-state index >= 15 is 0 Å². The molecule has 1 amide bonds. The van der Waals surface area contributed by atoms with Gasteiger partial charge in [-0.05, 0) is 61.9 Å². The Balaban J connectivity index is 1.68. The van der Waals surface area contributed by atoms with Gasteiger partial charge in [0.15, 0.2) is 5.65 Å². The van der Waals surface area contributed by atoms with Crippen molar-refractivity contribution < 1.29 is 22.3 Å². The number of aromatic nitrogens is 3. The van der Waals surface area contributed by atoms with Crippen molar-refractivity contribution in [2.24, 2.45) is 0 Å². The zero-order valence-electron chi connectivity index (χ0n) is 20.6. The second kappa shape index (κ2) is 9.11. The van der Waals surface area contributed by atoms with E-state index in [1.165, 1.54) is 12.1 Å². The van der Waals surface area contributed by atoms with Gasteiger partial charge in [0.25, 0.3) is 5.91 Å². The molecule has 0 bridgehead atoms. The van der Waals surface area contributed by atoms with E-state index in [2.05, 4.69) is 9.88 Å². The fourth-order valence-electron chi connectivity index (χ4n) is 5.18. The van der Waals surface area contributed by atoms with Gasteiger partial charge in [0.2, 0.25) is 10.0 Å². The number of carbonyl (C=O) groups is 1. The third-order valence-corrected chi connectivity index (χ3v) is 7.53. The van der Waals surface area contributed by atoms with Crippen molar-refractivity contribution >= 4 is 32.7 Å². The lowest BCUT2D eigenvalue weighted by Crippen LogP contribution is -2.44. The van der Waals surface area contributed by atoms with Crippen LogP contribution in [-0.2, 0) is 14.8 Å². The minimum absolute atomic E-state index is 0.0288. The first kappa shape index (κ1) is 24.6.